The smallest absolute Gasteiger partial charge is 0.143 e. The lowest BCUT2D eigenvalue weighted by Gasteiger charge is -2.41. The highest BCUT2D eigenvalue weighted by molar-refractivity contribution is 5.92. The lowest BCUT2D eigenvalue weighted by atomic mass is 9.73. The Morgan fingerprint density at radius 1 is 1.09 bits per heavy atom. The van der Waals surface area contributed by atoms with Crippen molar-refractivity contribution in [3.05, 3.63) is 36.0 Å². The van der Waals surface area contributed by atoms with E-state index in [1.54, 1.807) is 0 Å². The zero-order valence-electron chi connectivity index (χ0n) is 12.8. The summed E-state index contributed by atoms with van der Waals surface area (Å²) in [5, 5.41) is 10.5. The van der Waals surface area contributed by atoms with Gasteiger partial charge < -0.3 is 4.90 Å². The highest BCUT2D eigenvalue weighted by atomic mass is 15.1. The number of benzene rings is 1. The number of nitriles is 1. The SMILES string of the molecule is N#Cc1cc(N2CCCC(C3CCC3)C2)c2ccccc2n1. The van der Waals surface area contributed by atoms with Gasteiger partial charge in [-0.3, -0.25) is 0 Å². The van der Waals surface area contributed by atoms with Gasteiger partial charge in [0.05, 0.1) is 5.52 Å². The molecule has 1 saturated carbocycles. The van der Waals surface area contributed by atoms with Gasteiger partial charge in [-0.2, -0.15) is 5.26 Å². The van der Waals surface area contributed by atoms with E-state index in [9.17, 15) is 5.26 Å². The number of fused-ring (bicyclic) bond motifs is 1. The van der Waals surface area contributed by atoms with Gasteiger partial charge in [-0.15, -0.1) is 0 Å². The predicted molar refractivity (Wildman–Crippen MR) is 88.7 cm³/mol. The fourth-order valence-electron chi connectivity index (χ4n) is 4.00. The molecular weight excluding hydrogens is 270 g/mol. The van der Waals surface area contributed by atoms with Crippen LogP contribution in [-0.2, 0) is 0 Å². The third kappa shape index (κ3) is 2.33. The Morgan fingerprint density at radius 2 is 1.91 bits per heavy atom. The highest BCUT2D eigenvalue weighted by Gasteiger charge is 2.31. The molecule has 2 aromatic rings. The summed E-state index contributed by atoms with van der Waals surface area (Å²) >= 11 is 0. The zero-order valence-corrected chi connectivity index (χ0v) is 12.8. The van der Waals surface area contributed by atoms with Gasteiger partial charge in [0.2, 0.25) is 0 Å². The molecule has 22 heavy (non-hydrogen) atoms. The molecule has 3 heteroatoms. The van der Waals surface area contributed by atoms with Crippen molar-refractivity contribution in [1.29, 1.82) is 5.26 Å². The Morgan fingerprint density at radius 3 is 2.68 bits per heavy atom. The topological polar surface area (TPSA) is 39.9 Å². The normalized spacial score (nSPS) is 22.3. The van der Waals surface area contributed by atoms with E-state index in [1.807, 2.05) is 18.2 Å². The summed E-state index contributed by atoms with van der Waals surface area (Å²) < 4.78 is 0. The number of hydrogen-bond donors (Lipinski definition) is 0. The maximum absolute atomic E-state index is 9.28. The number of rotatable bonds is 2. The van der Waals surface area contributed by atoms with Crippen LogP contribution in [0.1, 0.15) is 37.8 Å². The third-order valence-electron chi connectivity index (χ3n) is 5.42. The average molecular weight is 291 g/mol. The first kappa shape index (κ1) is 13.6. The van der Waals surface area contributed by atoms with Crippen molar-refractivity contribution in [3.8, 4) is 6.07 Å². The van der Waals surface area contributed by atoms with Crippen molar-refractivity contribution < 1.29 is 0 Å². The summed E-state index contributed by atoms with van der Waals surface area (Å²) in [7, 11) is 0. The Balaban J connectivity index is 1.71. The molecule has 0 radical (unpaired) electrons. The molecule has 1 aromatic heterocycles. The van der Waals surface area contributed by atoms with Crippen LogP contribution in [0.5, 0.6) is 0 Å². The number of nitrogens with zero attached hydrogens (tertiary/aromatic N) is 3. The van der Waals surface area contributed by atoms with Crippen LogP contribution in [0.2, 0.25) is 0 Å². The van der Waals surface area contributed by atoms with E-state index in [-0.39, 0.29) is 0 Å². The second-order valence-corrected chi connectivity index (χ2v) is 6.69. The van der Waals surface area contributed by atoms with Crippen LogP contribution in [0.25, 0.3) is 10.9 Å². The van der Waals surface area contributed by atoms with Crippen molar-refractivity contribution in [1.82, 2.24) is 4.98 Å². The first-order chi connectivity index (χ1) is 10.8. The first-order valence-corrected chi connectivity index (χ1v) is 8.40. The number of hydrogen-bond acceptors (Lipinski definition) is 3. The first-order valence-electron chi connectivity index (χ1n) is 8.40. The second-order valence-electron chi connectivity index (χ2n) is 6.69. The Hall–Kier alpha value is -2.08. The number of para-hydroxylation sites is 1. The van der Waals surface area contributed by atoms with Crippen molar-refractivity contribution in [2.45, 2.75) is 32.1 Å². The van der Waals surface area contributed by atoms with Crippen molar-refractivity contribution in [3.63, 3.8) is 0 Å². The molecule has 112 valence electrons. The molecular formula is C19H21N3. The van der Waals surface area contributed by atoms with Gasteiger partial charge >= 0.3 is 0 Å². The molecule has 4 rings (SSSR count). The van der Waals surface area contributed by atoms with Crippen molar-refractivity contribution >= 4 is 16.6 Å². The molecule has 2 heterocycles. The molecule has 1 unspecified atom stereocenters. The van der Waals surface area contributed by atoms with E-state index in [1.165, 1.54) is 43.2 Å². The van der Waals surface area contributed by atoms with E-state index >= 15 is 0 Å². The van der Waals surface area contributed by atoms with E-state index in [0.717, 1.165) is 30.4 Å². The van der Waals surface area contributed by atoms with Crippen LogP contribution in [0.15, 0.2) is 30.3 Å². The van der Waals surface area contributed by atoms with E-state index in [0.29, 0.717) is 5.69 Å². The molecule has 3 nitrogen and oxygen atoms in total. The van der Waals surface area contributed by atoms with E-state index < -0.39 is 0 Å². The molecule has 0 amide bonds. The highest BCUT2D eigenvalue weighted by Crippen LogP contribution is 2.39. The van der Waals surface area contributed by atoms with E-state index in [2.05, 4.69) is 28.1 Å². The number of pyridine rings is 1. The lowest BCUT2D eigenvalue weighted by molar-refractivity contribution is 0.184. The monoisotopic (exact) mass is 291 g/mol. The molecule has 1 atom stereocenters. The van der Waals surface area contributed by atoms with Gasteiger partial charge in [-0.1, -0.05) is 37.5 Å². The van der Waals surface area contributed by atoms with Gasteiger partial charge in [0, 0.05) is 24.2 Å². The number of piperidine rings is 1. The predicted octanol–water partition coefficient (Wildman–Crippen LogP) is 4.12. The van der Waals surface area contributed by atoms with Gasteiger partial charge in [0.1, 0.15) is 11.8 Å². The summed E-state index contributed by atoms with van der Waals surface area (Å²) in [4.78, 5) is 6.94. The van der Waals surface area contributed by atoms with Gasteiger partial charge in [-0.05, 0) is 36.8 Å². The zero-order chi connectivity index (χ0) is 14.9. The largest absolute Gasteiger partial charge is 0.371 e. The number of anilines is 1. The molecule has 0 spiro atoms. The molecule has 1 aliphatic carbocycles. The van der Waals surface area contributed by atoms with Crippen LogP contribution >= 0.6 is 0 Å². The molecule has 1 saturated heterocycles. The van der Waals surface area contributed by atoms with Crippen LogP contribution in [0.3, 0.4) is 0 Å². The second kappa shape index (κ2) is 5.61. The quantitative estimate of drug-likeness (QED) is 0.835. The molecule has 0 bridgehead atoms. The fraction of sp³-hybridized carbons (Fsp3) is 0.474. The van der Waals surface area contributed by atoms with Gasteiger partial charge in [0.15, 0.2) is 0 Å². The summed E-state index contributed by atoms with van der Waals surface area (Å²) in [6, 6.07) is 12.4. The molecule has 1 aromatic carbocycles. The van der Waals surface area contributed by atoms with Crippen LogP contribution in [0, 0.1) is 23.2 Å². The van der Waals surface area contributed by atoms with Crippen LogP contribution < -0.4 is 4.90 Å². The Labute approximate surface area is 131 Å². The minimum absolute atomic E-state index is 0.527. The Kier molecular flexibility index (Phi) is 3.46. The summed E-state index contributed by atoms with van der Waals surface area (Å²) in [5.74, 6) is 1.77. The van der Waals surface area contributed by atoms with Crippen LogP contribution in [0.4, 0.5) is 5.69 Å². The maximum atomic E-state index is 9.28. The van der Waals surface area contributed by atoms with E-state index in [4.69, 9.17) is 0 Å². The van der Waals surface area contributed by atoms with Gasteiger partial charge in [0.25, 0.3) is 0 Å². The lowest BCUT2D eigenvalue weighted by Crippen LogP contribution is -2.40. The standard InChI is InChI=1S/C19H21N3/c20-12-16-11-19(17-8-1-2-9-18(17)21-16)22-10-4-7-15(13-22)14-5-3-6-14/h1-2,8-9,11,14-15H,3-7,10,13H2. The summed E-state index contributed by atoms with van der Waals surface area (Å²) in [6.07, 6.45) is 6.88. The molecule has 1 aliphatic heterocycles. The van der Waals surface area contributed by atoms with Crippen molar-refractivity contribution in [2.75, 3.05) is 18.0 Å². The summed E-state index contributed by atoms with van der Waals surface area (Å²) in [6.45, 7) is 2.24. The minimum atomic E-state index is 0.527. The minimum Gasteiger partial charge on any atom is -0.371 e. The fourth-order valence-corrected chi connectivity index (χ4v) is 4.00. The van der Waals surface area contributed by atoms with Gasteiger partial charge in [-0.25, -0.2) is 4.98 Å². The number of aromatic nitrogens is 1. The molecule has 0 N–H and O–H groups in total. The molecule has 2 aliphatic rings. The average Bonchev–Trinajstić information content (AvgIpc) is 2.52. The maximum Gasteiger partial charge on any atom is 0.143 e. The Bertz CT molecular complexity index is 727. The van der Waals surface area contributed by atoms with Crippen molar-refractivity contribution in [2.24, 2.45) is 11.8 Å². The molecule has 2 fully saturated rings. The summed E-state index contributed by atoms with van der Waals surface area (Å²) in [5.41, 5.74) is 2.66. The van der Waals surface area contributed by atoms with Crippen LogP contribution in [-0.4, -0.2) is 18.1 Å². The third-order valence-corrected chi connectivity index (χ3v) is 5.42.